The lowest BCUT2D eigenvalue weighted by atomic mass is 10.2. The van der Waals surface area contributed by atoms with Crippen LogP contribution in [0, 0.1) is 0 Å². The van der Waals surface area contributed by atoms with Crippen LogP contribution < -0.4 is 25.0 Å². The minimum atomic E-state index is -0.376. The molecule has 3 aromatic rings. The van der Waals surface area contributed by atoms with Crippen LogP contribution >= 0.6 is 11.3 Å². The van der Waals surface area contributed by atoms with Crippen molar-refractivity contribution in [2.75, 3.05) is 31.0 Å². The van der Waals surface area contributed by atoms with Crippen LogP contribution in [0.3, 0.4) is 0 Å². The minimum absolute atomic E-state index is 0.0441. The highest BCUT2D eigenvalue weighted by atomic mass is 32.1. The molecule has 0 aliphatic rings. The van der Waals surface area contributed by atoms with E-state index >= 15 is 0 Å². The van der Waals surface area contributed by atoms with Crippen molar-refractivity contribution in [2.45, 2.75) is 19.4 Å². The molecule has 2 N–H and O–H groups in total. The smallest absolute Gasteiger partial charge is 0.240 e. The number of thiazole rings is 1. The summed E-state index contributed by atoms with van der Waals surface area (Å²) in [4.78, 5) is 43.3. The first-order valence-electron chi connectivity index (χ1n) is 10.5. The third kappa shape index (κ3) is 7.04. The molecule has 0 fully saturated rings. The highest BCUT2D eigenvalue weighted by molar-refractivity contribution is 7.13. The first kappa shape index (κ1) is 24.7. The maximum atomic E-state index is 13.1. The number of anilines is 2. The molecule has 9 nitrogen and oxygen atoms in total. The zero-order chi connectivity index (χ0) is 24.3. The molecule has 0 aliphatic carbocycles. The first-order valence-corrected chi connectivity index (χ1v) is 11.4. The monoisotopic (exact) mass is 482 g/mol. The van der Waals surface area contributed by atoms with E-state index < -0.39 is 0 Å². The Balaban J connectivity index is 1.65. The summed E-state index contributed by atoms with van der Waals surface area (Å²) in [6.07, 6.45) is 1.46. The molecular formula is C24H26N4O5S. The van der Waals surface area contributed by atoms with Gasteiger partial charge in [0.15, 0.2) is 5.13 Å². The predicted octanol–water partition coefficient (Wildman–Crippen LogP) is 3.23. The van der Waals surface area contributed by atoms with E-state index in [1.54, 1.807) is 43.0 Å². The van der Waals surface area contributed by atoms with Crippen LogP contribution in [0.2, 0.25) is 0 Å². The van der Waals surface area contributed by atoms with E-state index in [2.05, 4.69) is 15.6 Å². The summed E-state index contributed by atoms with van der Waals surface area (Å²) in [7, 11) is 3.08. The predicted molar refractivity (Wildman–Crippen MR) is 130 cm³/mol. The number of aromatic nitrogens is 1. The average Bonchev–Trinajstić information content (AvgIpc) is 3.37. The molecule has 0 saturated carbocycles. The second-order valence-electron chi connectivity index (χ2n) is 7.16. The zero-order valence-corrected chi connectivity index (χ0v) is 19.8. The second-order valence-corrected chi connectivity index (χ2v) is 8.06. The van der Waals surface area contributed by atoms with Crippen LogP contribution in [0.25, 0.3) is 0 Å². The van der Waals surface area contributed by atoms with Gasteiger partial charge < -0.3 is 20.1 Å². The van der Waals surface area contributed by atoms with Crippen molar-refractivity contribution in [2.24, 2.45) is 0 Å². The summed E-state index contributed by atoms with van der Waals surface area (Å²) in [5.74, 6) is 0.126. The van der Waals surface area contributed by atoms with E-state index in [9.17, 15) is 14.4 Å². The van der Waals surface area contributed by atoms with Crippen molar-refractivity contribution < 1.29 is 23.9 Å². The SMILES string of the molecule is COc1ccc(CNC(=O)CN(C(=O)CCC(=O)Nc2nccs2)c2ccccc2OC)cc1. The van der Waals surface area contributed by atoms with Gasteiger partial charge in [-0.2, -0.15) is 0 Å². The fourth-order valence-corrected chi connectivity index (χ4v) is 3.67. The van der Waals surface area contributed by atoms with Crippen LogP contribution in [0.15, 0.2) is 60.1 Å². The molecule has 0 atom stereocenters. The molecule has 34 heavy (non-hydrogen) atoms. The Morgan fingerprint density at radius 2 is 1.74 bits per heavy atom. The summed E-state index contributed by atoms with van der Waals surface area (Å²) in [5, 5.41) is 7.69. The Bertz CT molecular complexity index is 1100. The van der Waals surface area contributed by atoms with Crippen molar-refractivity contribution in [1.29, 1.82) is 0 Å². The largest absolute Gasteiger partial charge is 0.497 e. The number of methoxy groups -OCH3 is 2. The number of para-hydroxylation sites is 2. The number of hydrogen-bond donors (Lipinski definition) is 2. The second kappa shape index (κ2) is 12.4. The average molecular weight is 483 g/mol. The van der Waals surface area contributed by atoms with Gasteiger partial charge in [0, 0.05) is 31.0 Å². The molecule has 0 radical (unpaired) electrons. The quantitative estimate of drug-likeness (QED) is 0.434. The fraction of sp³-hybridized carbons (Fsp3) is 0.250. The maximum absolute atomic E-state index is 13.1. The lowest BCUT2D eigenvalue weighted by Crippen LogP contribution is -2.41. The zero-order valence-electron chi connectivity index (χ0n) is 18.9. The summed E-state index contributed by atoms with van der Waals surface area (Å²) in [6.45, 7) is 0.0798. The van der Waals surface area contributed by atoms with Crippen LogP contribution in [0.4, 0.5) is 10.8 Å². The van der Waals surface area contributed by atoms with Gasteiger partial charge in [-0.1, -0.05) is 24.3 Å². The molecule has 1 aromatic heterocycles. The van der Waals surface area contributed by atoms with E-state index in [4.69, 9.17) is 9.47 Å². The van der Waals surface area contributed by atoms with Gasteiger partial charge in [-0.25, -0.2) is 4.98 Å². The highest BCUT2D eigenvalue weighted by Crippen LogP contribution is 2.28. The normalized spacial score (nSPS) is 10.3. The molecule has 3 rings (SSSR count). The molecule has 0 spiro atoms. The van der Waals surface area contributed by atoms with Gasteiger partial charge in [0.25, 0.3) is 0 Å². The molecular weight excluding hydrogens is 456 g/mol. The summed E-state index contributed by atoms with van der Waals surface area (Å²) in [6, 6.07) is 14.3. The first-order chi connectivity index (χ1) is 16.5. The number of rotatable bonds is 11. The van der Waals surface area contributed by atoms with Crippen LogP contribution in [-0.4, -0.2) is 43.5 Å². The number of ether oxygens (including phenoxy) is 2. The summed E-state index contributed by atoms with van der Waals surface area (Å²) >= 11 is 1.29. The molecule has 0 bridgehead atoms. The molecule has 0 aliphatic heterocycles. The van der Waals surface area contributed by atoms with Crippen molar-refractivity contribution in [3.05, 3.63) is 65.7 Å². The Kier molecular flexibility index (Phi) is 8.98. The lowest BCUT2D eigenvalue weighted by Gasteiger charge is -2.24. The summed E-state index contributed by atoms with van der Waals surface area (Å²) < 4.78 is 10.5. The van der Waals surface area contributed by atoms with Crippen molar-refractivity contribution in [3.63, 3.8) is 0 Å². The Morgan fingerprint density at radius 1 is 0.971 bits per heavy atom. The Hall–Kier alpha value is -3.92. The lowest BCUT2D eigenvalue weighted by molar-refractivity contribution is -0.125. The number of hydrogen-bond acceptors (Lipinski definition) is 7. The third-order valence-corrected chi connectivity index (χ3v) is 5.56. The van der Waals surface area contributed by atoms with Crippen LogP contribution in [0.1, 0.15) is 18.4 Å². The number of carbonyl (C=O) groups is 3. The van der Waals surface area contributed by atoms with Crippen molar-refractivity contribution in [3.8, 4) is 11.5 Å². The Labute approximate surface area is 201 Å². The van der Waals surface area contributed by atoms with Gasteiger partial charge >= 0.3 is 0 Å². The number of nitrogens with one attached hydrogen (secondary N) is 2. The highest BCUT2D eigenvalue weighted by Gasteiger charge is 2.23. The van der Waals surface area contributed by atoms with Gasteiger partial charge in [0.05, 0.1) is 19.9 Å². The maximum Gasteiger partial charge on any atom is 0.240 e. The van der Waals surface area contributed by atoms with E-state index in [1.165, 1.54) is 23.3 Å². The van der Waals surface area contributed by atoms with Gasteiger partial charge in [-0.15, -0.1) is 11.3 Å². The van der Waals surface area contributed by atoms with Gasteiger partial charge in [-0.3, -0.25) is 19.3 Å². The third-order valence-electron chi connectivity index (χ3n) is 4.87. The number of carbonyl (C=O) groups excluding carboxylic acids is 3. The van der Waals surface area contributed by atoms with Gasteiger partial charge in [-0.05, 0) is 29.8 Å². The van der Waals surface area contributed by atoms with Gasteiger partial charge in [0.2, 0.25) is 17.7 Å². The minimum Gasteiger partial charge on any atom is -0.497 e. The van der Waals surface area contributed by atoms with E-state index in [0.29, 0.717) is 23.1 Å². The molecule has 0 unspecified atom stereocenters. The van der Waals surface area contributed by atoms with Crippen molar-refractivity contribution >= 4 is 39.9 Å². The van der Waals surface area contributed by atoms with E-state index in [0.717, 1.165) is 11.3 Å². The molecule has 0 saturated heterocycles. The number of amides is 3. The molecule has 10 heteroatoms. The molecule has 178 valence electrons. The fourth-order valence-electron chi connectivity index (χ4n) is 3.13. The molecule has 1 heterocycles. The Morgan fingerprint density at radius 3 is 2.41 bits per heavy atom. The topological polar surface area (TPSA) is 110 Å². The van der Waals surface area contributed by atoms with Gasteiger partial charge in [0.1, 0.15) is 18.0 Å². The van der Waals surface area contributed by atoms with E-state index in [1.807, 2.05) is 24.3 Å². The van der Waals surface area contributed by atoms with Crippen LogP contribution in [0.5, 0.6) is 11.5 Å². The van der Waals surface area contributed by atoms with Crippen molar-refractivity contribution in [1.82, 2.24) is 10.3 Å². The van der Waals surface area contributed by atoms with Crippen LogP contribution in [-0.2, 0) is 20.9 Å². The molecule has 2 aromatic carbocycles. The number of benzene rings is 2. The molecule has 3 amide bonds. The standard InChI is InChI=1S/C24H26N4O5S/c1-32-18-9-7-17(8-10-18)15-26-22(30)16-28(19-5-3-4-6-20(19)33-2)23(31)12-11-21(29)27-24-25-13-14-34-24/h3-10,13-14H,11-12,15-16H2,1-2H3,(H,26,30)(H,25,27,29). The number of nitrogens with zero attached hydrogens (tertiary/aromatic N) is 2. The summed E-state index contributed by atoms with van der Waals surface area (Å²) in [5.41, 5.74) is 1.35. The van der Waals surface area contributed by atoms with E-state index in [-0.39, 0.29) is 37.1 Å².